The van der Waals surface area contributed by atoms with E-state index in [1.807, 2.05) is 19.1 Å². The molecule has 0 saturated carbocycles. The summed E-state index contributed by atoms with van der Waals surface area (Å²) in [6.45, 7) is 5.33. The molecule has 0 bridgehead atoms. The smallest absolute Gasteiger partial charge is 0.405 e. The van der Waals surface area contributed by atoms with Gasteiger partial charge in [-0.3, -0.25) is 9.78 Å². The van der Waals surface area contributed by atoms with Crippen molar-refractivity contribution in [3.05, 3.63) is 24.0 Å². The summed E-state index contributed by atoms with van der Waals surface area (Å²) in [6.07, 6.45) is 0.437. The van der Waals surface area contributed by atoms with E-state index in [2.05, 4.69) is 15.6 Å². The van der Waals surface area contributed by atoms with Crippen molar-refractivity contribution in [2.45, 2.75) is 37.8 Å². The van der Waals surface area contributed by atoms with Crippen LogP contribution in [0.4, 0.5) is 4.79 Å². The molecule has 1 rings (SSSR count). The number of carbonyl (C=O) groups excluding carboxylic acids is 1. The molecule has 6 nitrogen and oxygen atoms in total. The Morgan fingerprint density at radius 2 is 2.15 bits per heavy atom. The Kier molecular flexibility index (Phi) is 5.82. The maximum Gasteiger partial charge on any atom is 0.405 e. The van der Waals surface area contributed by atoms with Gasteiger partial charge in [0.1, 0.15) is 5.54 Å². The van der Waals surface area contributed by atoms with Gasteiger partial charge in [-0.15, -0.1) is 11.8 Å². The largest absolute Gasteiger partial charge is 0.465 e. The number of nitrogens with zero attached hydrogens (tertiary/aromatic N) is 1. The average Bonchev–Trinajstić information content (AvgIpc) is 2.36. The minimum Gasteiger partial charge on any atom is -0.465 e. The number of amides is 2. The van der Waals surface area contributed by atoms with Crippen LogP contribution in [0.15, 0.2) is 23.2 Å². The van der Waals surface area contributed by atoms with E-state index in [0.29, 0.717) is 0 Å². The number of pyridine rings is 1. The number of thioether (sulfide) groups is 1. The lowest BCUT2D eigenvalue weighted by atomic mass is 10.1. The van der Waals surface area contributed by atoms with Crippen molar-refractivity contribution < 1.29 is 14.7 Å². The molecule has 0 aromatic carbocycles. The van der Waals surface area contributed by atoms with Crippen LogP contribution in [0.1, 0.15) is 26.5 Å². The molecule has 0 atom stereocenters. The number of rotatable bonds is 6. The number of hydrogen-bond acceptors (Lipinski definition) is 4. The van der Waals surface area contributed by atoms with Crippen LogP contribution < -0.4 is 10.6 Å². The minimum atomic E-state index is -1.23. The highest BCUT2D eigenvalue weighted by atomic mass is 32.2. The van der Waals surface area contributed by atoms with Crippen LogP contribution in [0.2, 0.25) is 0 Å². The van der Waals surface area contributed by atoms with Crippen LogP contribution in [0.3, 0.4) is 0 Å². The fourth-order valence-corrected chi connectivity index (χ4v) is 2.33. The van der Waals surface area contributed by atoms with Crippen LogP contribution in [0.5, 0.6) is 0 Å². The second-order valence-electron chi connectivity index (χ2n) is 4.62. The second kappa shape index (κ2) is 7.14. The quantitative estimate of drug-likeness (QED) is 0.697. The van der Waals surface area contributed by atoms with Gasteiger partial charge in [-0.05, 0) is 31.7 Å². The van der Waals surface area contributed by atoms with Crippen LogP contribution in [-0.4, -0.2) is 33.4 Å². The summed E-state index contributed by atoms with van der Waals surface area (Å²) in [5, 5.41) is 13.6. The first-order chi connectivity index (χ1) is 9.36. The van der Waals surface area contributed by atoms with Crippen LogP contribution in [0, 0.1) is 0 Å². The molecule has 1 aromatic heterocycles. The van der Waals surface area contributed by atoms with E-state index in [0.717, 1.165) is 16.3 Å². The zero-order valence-electron chi connectivity index (χ0n) is 11.8. The Hall–Kier alpha value is -1.76. The summed E-state index contributed by atoms with van der Waals surface area (Å²) in [7, 11) is 0. The number of carbonyl (C=O) groups is 2. The maximum absolute atomic E-state index is 12.0. The van der Waals surface area contributed by atoms with Crippen molar-refractivity contribution in [3.8, 4) is 0 Å². The van der Waals surface area contributed by atoms with E-state index < -0.39 is 17.5 Å². The first-order valence-corrected chi connectivity index (χ1v) is 7.21. The van der Waals surface area contributed by atoms with Gasteiger partial charge in [0.2, 0.25) is 5.91 Å². The SMILES string of the molecule is CCSc1cccnc1CNC(=O)C(C)(C)NC(=O)O. The van der Waals surface area contributed by atoms with Crippen LogP contribution in [-0.2, 0) is 11.3 Å². The molecule has 7 heteroatoms. The lowest BCUT2D eigenvalue weighted by Crippen LogP contribution is -2.54. The summed E-state index contributed by atoms with van der Waals surface area (Å²) in [5.41, 5.74) is -0.405. The van der Waals surface area contributed by atoms with Gasteiger partial charge >= 0.3 is 6.09 Å². The second-order valence-corrected chi connectivity index (χ2v) is 5.92. The van der Waals surface area contributed by atoms with Crippen LogP contribution >= 0.6 is 11.8 Å². The fraction of sp³-hybridized carbons (Fsp3) is 0.462. The van der Waals surface area contributed by atoms with Crippen LogP contribution in [0.25, 0.3) is 0 Å². The monoisotopic (exact) mass is 297 g/mol. The minimum absolute atomic E-state index is 0.271. The zero-order valence-corrected chi connectivity index (χ0v) is 12.6. The first kappa shape index (κ1) is 16.3. The lowest BCUT2D eigenvalue weighted by molar-refractivity contribution is -0.126. The third-order valence-electron chi connectivity index (χ3n) is 2.55. The Labute approximate surface area is 122 Å². The Morgan fingerprint density at radius 3 is 2.75 bits per heavy atom. The van der Waals surface area contributed by atoms with Gasteiger partial charge in [0.15, 0.2) is 0 Å². The topological polar surface area (TPSA) is 91.3 Å². The highest BCUT2D eigenvalue weighted by Crippen LogP contribution is 2.20. The molecule has 1 heterocycles. The Bertz CT molecular complexity index is 492. The van der Waals surface area contributed by atoms with E-state index in [9.17, 15) is 9.59 Å². The number of hydrogen-bond donors (Lipinski definition) is 3. The maximum atomic E-state index is 12.0. The molecule has 0 spiro atoms. The molecular weight excluding hydrogens is 278 g/mol. The first-order valence-electron chi connectivity index (χ1n) is 6.23. The molecule has 1 aromatic rings. The molecule has 110 valence electrons. The van der Waals surface area contributed by atoms with Gasteiger partial charge in [0.25, 0.3) is 0 Å². The molecule has 0 saturated heterocycles. The molecule has 0 fully saturated rings. The Morgan fingerprint density at radius 1 is 1.45 bits per heavy atom. The molecule has 0 aliphatic rings. The molecule has 20 heavy (non-hydrogen) atoms. The summed E-state index contributed by atoms with van der Waals surface area (Å²) in [6, 6.07) is 3.79. The number of carboxylic acid groups (broad SMARTS) is 1. The van der Waals surface area contributed by atoms with E-state index in [1.54, 1.807) is 18.0 Å². The average molecular weight is 297 g/mol. The molecule has 0 radical (unpaired) electrons. The molecule has 3 N–H and O–H groups in total. The van der Waals surface area contributed by atoms with Crippen molar-refractivity contribution in [2.75, 3.05) is 5.75 Å². The predicted molar refractivity (Wildman–Crippen MR) is 77.7 cm³/mol. The van der Waals surface area contributed by atoms with Crippen molar-refractivity contribution in [1.82, 2.24) is 15.6 Å². The van der Waals surface area contributed by atoms with E-state index in [1.165, 1.54) is 13.8 Å². The highest BCUT2D eigenvalue weighted by Gasteiger charge is 2.29. The van der Waals surface area contributed by atoms with Gasteiger partial charge in [-0.1, -0.05) is 6.92 Å². The highest BCUT2D eigenvalue weighted by molar-refractivity contribution is 7.99. The van der Waals surface area contributed by atoms with Crippen molar-refractivity contribution >= 4 is 23.8 Å². The molecule has 0 unspecified atom stereocenters. The van der Waals surface area contributed by atoms with Gasteiger partial charge < -0.3 is 15.7 Å². The zero-order chi connectivity index (χ0) is 15.2. The molecular formula is C13H19N3O3S. The molecule has 0 aliphatic heterocycles. The Balaban J connectivity index is 2.67. The lowest BCUT2D eigenvalue weighted by Gasteiger charge is -2.23. The third-order valence-corrected chi connectivity index (χ3v) is 3.52. The summed E-state index contributed by atoms with van der Waals surface area (Å²) in [4.78, 5) is 27.9. The van der Waals surface area contributed by atoms with Crippen molar-refractivity contribution in [2.24, 2.45) is 0 Å². The standard InChI is InChI=1S/C13H19N3O3S/c1-4-20-10-6-5-7-14-9(10)8-15-11(17)13(2,3)16-12(18)19/h5-7,16H,4,8H2,1-3H3,(H,15,17)(H,18,19). The third kappa shape index (κ3) is 4.73. The summed E-state index contributed by atoms with van der Waals surface area (Å²) < 4.78 is 0. The number of nitrogens with one attached hydrogen (secondary N) is 2. The van der Waals surface area contributed by atoms with Gasteiger partial charge in [0.05, 0.1) is 12.2 Å². The molecule has 2 amide bonds. The van der Waals surface area contributed by atoms with Gasteiger partial charge in [-0.2, -0.15) is 0 Å². The summed E-state index contributed by atoms with van der Waals surface area (Å²) >= 11 is 1.65. The van der Waals surface area contributed by atoms with Gasteiger partial charge in [0, 0.05) is 11.1 Å². The fourth-order valence-electron chi connectivity index (χ4n) is 1.55. The number of aromatic nitrogens is 1. The molecule has 0 aliphatic carbocycles. The van der Waals surface area contributed by atoms with Crippen molar-refractivity contribution in [1.29, 1.82) is 0 Å². The van der Waals surface area contributed by atoms with E-state index in [-0.39, 0.29) is 6.54 Å². The van der Waals surface area contributed by atoms with E-state index >= 15 is 0 Å². The normalized spacial score (nSPS) is 10.9. The predicted octanol–water partition coefficient (Wildman–Crippen LogP) is 1.86. The summed E-state index contributed by atoms with van der Waals surface area (Å²) in [5.74, 6) is 0.525. The van der Waals surface area contributed by atoms with Crippen molar-refractivity contribution in [3.63, 3.8) is 0 Å². The van der Waals surface area contributed by atoms with Gasteiger partial charge in [-0.25, -0.2) is 4.79 Å². The van der Waals surface area contributed by atoms with E-state index in [4.69, 9.17) is 5.11 Å².